The summed E-state index contributed by atoms with van der Waals surface area (Å²) in [6.45, 7) is 3.76. The van der Waals surface area contributed by atoms with Crippen molar-refractivity contribution in [1.29, 1.82) is 0 Å². The van der Waals surface area contributed by atoms with E-state index in [9.17, 15) is 22.4 Å². The number of esters is 1. The number of ether oxygens (including phenoxy) is 1. The Morgan fingerprint density at radius 2 is 1.81 bits per heavy atom. The average Bonchev–Trinajstić information content (AvgIpc) is 3.16. The maximum Gasteiger partial charge on any atom is 0.325 e. The van der Waals surface area contributed by atoms with Gasteiger partial charge in [-0.2, -0.15) is 4.99 Å². The Hall–Kier alpha value is -3.83. The summed E-state index contributed by atoms with van der Waals surface area (Å²) >= 11 is 1.27. The largest absolute Gasteiger partial charge is 0.468 e. The Kier molecular flexibility index (Phi) is 7.04. The Balaban J connectivity index is 1.71. The lowest BCUT2D eigenvalue weighted by atomic mass is 10.1. The van der Waals surface area contributed by atoms with E-state index in [1.165, 1.54) is 42.7 Å². The van der Waals surface area contributed by atoms with Crippen molar-refractivity contribution in [3.63, 3.8) is 0 Å². The Labute approximate surface area is 210 Å². The van der Waals surface area contributed by atoms with Crippen LogP contribution in [-0.2, 0) is 26.1 Å². The van der Waals surface area contributed by atoms with Crippen LogP contribution < -0.4 is 9.52 Å². The number of hydrogen-bond donors (Lipinski definition) is 1. The highest BCUT2D eigenvalue weighted by molar-refractivity contribution is 7.92. The van der Waals surface area contributed by atoms with Gasteiger partial charge in [0.2, 0.25) is 0 Å². The number of aryl methyl sites for hydroxylation is 2. The number of thiazole rings is 1. The average molecular weight is 528 g/mol. The van der Waals surface area contributed by atoms with Crippen LogP contribution >= 0.6 is 11.3 Å². The lowest BCUT2D eigenvalue weighted by Crippen LogP contribution is -2.22. The molecule has 0 bridgehead atoms. The zero-order valence-electron chi connectivity index (χ0n) is 19.6. The number of amides is 1. The molecule has 1 heterocycles. The summed E-state index contributed by atoms with van der Waals surface area (Å²) < 4.78 is 48.1. The Bertz CT molecular complexity index is 1660. The zero-order valence-corrected chi connectivity index (χ0v) is 21.2. The van der Waals surface area contributed by atoms with Crippen molar-refractivity contribution in [1.82, 2.24) is 4.57 Å². The lowest BCUT2D eigenvalue weighted by molar-refractivity contribution is -0.141. The van der Waals surface area contributed by atoms with Crippen molar-refractivity contribution in [2.75, 3.05) is 11.8 Å². The number of fused-ring (bicyclic) bond motifs is 1. The van der Waals surface area contributed by atoms with Crippen LogP contribution in [0.1, 0.15) is 21.5 Å². The molecule has 8 nitrogen and oxygen atoms in total. The number of benzene rings is 3. The molecule has 0 atom stereocenters. The molecule has 0 unspecified atom stereocenters. The first-order valence-electron chi connectivity index (χ1n) is 10.7. The summed E-state index contributed by atoms with van der Waals surface area (Å²) in [6.07, 6.45) is 0. The van der Waals surface area contributed by atoms with Crippen molar-refractivity contribution in [3.8, 4) is 0 Å². The van der Waals surface area contributed by atoms with E-state index < -0.39 is 27.7 Å². The van der Waals surface area contributed by atoms with Crippen LogP contribution in [0.3, 0.4) is 0 Å². The third-order valence-electron chi connectivity index (χ3n) is 5.31. The topological polar surface area (TPSA) is 107 Å². The number of nitrogens with one attached hydrogen (secondary N) is 1. The molecule has 0 aliphatic heterocycles. The van der Waals surface area contributed by atoms with Crippen LogP contribution in [-0.4, -0.2) is 32.0 Å². The number of rotatable bonds is 6. The zero-order chi connectivity index (χ0) is 26.0. The monoisotopic (exact) mass is 527 g/mol. The number of hydrogen-bond acceptors (Lipinski definition) is 6. The third-order valence-corrected chi connectivity index (χ3v) is 7.94. The van der Waals surface area contributed by atoms with Crippen LogP contribution in [0.5, 0.6) is 0 Å². The first-order valence-corrected chi connectivity index (χ1v) is 13.0. The van der Waals surface area contributed by atoms with E-state index in [0.717, 1.165) is 45.6 Å². The van der Waals surface area contributed by atoms with E-state index in [1.54, 1.807) is 4.57 Å². The number of aromatic nitrogens is 1. The predicted octanol–water partition coefficient (Wildman–Crippen LogP) is 4.17. The van der Waals surface area contributed by atoms with Gasteiger partial charge in [0.05, 0.1) is 22.2 Å². The molecule has 4 aromatic rings. The molecule has 1 amide bonds. The molecule has 3 aromatic carbocycles. The molecule has 0 spiro atoms. The van der Waals surface area contributed by atoms with Gasteiger partial charge in [-0.05, 0) is 73.5 Å². The molecule has 0 fully saturated rings. The van der Waals surface area contributed by atoms with Crippen LogP contribution in [0.2, 0.25) is 0 Å². The van der Waals surface area contributed by atoms with E-state index >= 15 is 0 Å². The van der Waals surface area contributed by atoms with E-state index in [1.807, 2.05) is 26.0 Å². The van der Waals surface area contributed by atoms with Gasteiger partial charge in [-0.3, -0.25) is 14.3 Å². The van der Waals surface area contributed by atoms with E-state index in [0.29, 0.717) is 4.80 Å². The number of halogens is 1. The second-order valence-corrected chi connectivity index (χ2v) is 10.7. The fourth-order valence-electron chi connectivity index (χ4n) is 3.64. The molecule has 1 aromatic heterocycles. The van der Waals surface area contributed by atoms with Gasteiger partial charge >= 0.3 is 5.97 Å². The molecule has 186 valence electrons. The molecule has 0 aliphatic carbocycles. The summed E-state index contributed by atoms with van der Waals surface area (Å²) in [5.74, 6) is -1.66. The fraction of sp³-hybridized carbons (Fsp3) is 0.160. The highest BCUT2D eigenvalue weighted by Crippen LogP contribution is 2.24. The van der Waals surface area contributed by atoms with E-state index in [-0.39, 0.29) is 22.7 Å². The van der Waals surface area contributed by atoms with E-state index in [4.69, 9.17) is 4.74 Å². The summed E-state index contributed by atoms with van der Waals surface area (Å²) in [7, 11) is -2.71. The fourth-order valence-corrected chi connectivity index (χ4v) is 5.77. The summed E-state index contributed by atoms with van der Waals surface area (Å²) in [4.78, 5) is 29.6. The maximum atomic E-state index is 13.2. The molecule has 0 aliphatic rings. The number of nitrogens with zero attached hydrogens (tertiary/aromatic N) is 2. The third kappa shape index (κ3) is 5.37. The van der Waals surface area contributed by atoms with Crippen LogP contribution in [0, 0.1) is 19.7 Å². The molecule has 0 radical (unpaired) electrons. The summed E-state index contributed by atoms with van der Waals surface area (Å²) in [5, 5.41) is 0. The van der Waals surface area contributed by atoms with Crippen molar-refractivity contribution >= 4 is 49.1 Å². The van der Waals surface area contributed by atoms with Gasteiger partial charge in [-0.1, -0.05) is 23.5 Å². The van der Waals surface area contributed by atoms with Gasteiger partial charge in [0.1, 0.15) is 12.4 Å². The van der Waals surface area contributed by atoms with Gasteiger partial charge in [-0.25, -0.2) is 12.8 Å². The minimum absolute atomic E-state index is 0.120. The highest BCUT2D eigenvalue weighted by Gasteiger charge is 2.17. The number of sulfonamides is 1. The quantitative estimate of drug-likeness (QED) is 0.379. The van der Waals surface area contributed by atoms with Gasteiger partial charge < -0.3 is 9.30 Å². The second-order valence-electron chi connectivity index (χ2n) is 8.03. The lowest BCUT2D eigenvalue weighted by Gasteiger charge is -2.09. The molecular weight excluding hydrogens is 505 g/mol. The molecule has 0 saturated heterocycles. The number of methoxy groups -OCH3 is 1. The van der Waals surface area contributed by atoms with Crippen LogP contribution in [0.4, 0.5) is 10.1 Å². The van der Waals surface area contributed by atoms with E-state index in [2.05, 4.69) is 9.71 Å². The van der Waals surface area contributed by atoms with Gasteiger partial charge in [0.15, 0.2) is 4.80 Å². The van der Waals surface area contributed by atoms with Gasteiger partial charge in [0, 0.05) is 11.3 Å². The highest BCUT2D eigenvalue weighted by atomic mass is 32.2. The molecule has 1 N–H and O–H groups in total. The molecule has 36 heavy (non-hydrogen) atoms. The van der Waals surface area contributed by atoms with Crippen LogP contribution in [0.25, 0.3) is 10.2 Å². The first-order chi connectivity index (χ1) is 17.1. The molecular formula is C25H22FN3O5S2. The molecule has 0 saturated carbocycles. The minimum atomic E-state index is -3.99. The Morgan fingerprint density at radius 1 is 1.08 bits per heavy atom. The minimum Gasteiger partial charge on any atom is -0.468 e. The normalized spacial score (nSPS) is 12.1. The van der Waals surface area contributed by atoms with Crippen molar-refractivity contribution in [2.45, 2.75) is 25.3 Å². The SMILES string of the molecule is COC(=O)Cn1c(=NC(=O)c2cccc(NS(=O)(=O)c3ccc(F)cc3)c2)sc2c(C)cc(C)cc21. The number of anilines is 1. The summed E-state index contributed by atoms with van der Waals surface area (Å²) in [6, 6.07) is 14.2. The standard InChI is InChI=1S/C25H22FN3O5S2/c1-15-11-16(2)23-21(12-15)29(14-22(30)34-3)25(35-23)27-24(31)17-5-4-6-19(13-17)28-36(32,33)20-9-7-18(26)8-10-20/h4-13,28H,14H2,1-3H3. The smallest absolute Gasteiger partial charge is 0.325 e. The second kappa shape index (κ2) is 10.0. The molecule has 4 rings (SSSR count). The predicted molar refractivity (Wildman–Crippen MR) is 135 cm³/mol. The van der Waals surface area contributed by atoms with Gasteiger partial charge in [-0.15, -0.1) is 0 Å². The Morgan fingerprint density at radius 3 is 2.50 bits per heavy atom. The molecule has 11 heteroatoms. The number of carbonyl (C=O) groups is 2. The van der Waals surface area contributed by atoms with Crippen molar-refractivity contribution in [2.24, 2.45) is 4.99 Å². The summed E-state index contributed by atoms with van der Waals surface area (Å²) in [5.41, 5.74) is 3.03. The maximum absolute atomic E-state index is 13.2. The first kappa shape index (κ1) is 25.3. The van der Waals surface area contributed by atoms with Gasteiger partial charge in [0.25, 0.3) is 15.9 Å². The van der Waals surface area contributed by atoms with Crippen LogP contribution in [0.15, 0.2) is 70.6 Å². The van der Waals surface area contributed by atoms with Crippen molar-refractivity contribution < 1.29 is 27.1 Å². The van der Waals surface area contributed by atoms with Crippen molar-refractivity contribution in [3.05, 3.63) is 88.0 Å². The number of carbonyl (C=O) groups excluding carboxylic acids is 2.